The predicted octanol–water partition coefficient (Wildman–Crippen LogP) is 3.12. The van der Waals surface area contributed by atoms with E-state index in [1.807, 2.05) is 0 Å². The van der Waals surface area contributed by atoms with Crippen molar-refractivity contribution < 1.29 is 133 Å². The van der Waals surface area contributed by atoms with Gasteiger partial charge in [-0.25, -0.2) is 0 Å². The molecule has 0 aliphatic carbocycles. The van der Waals surface area contributed by atoms with Crippen LogP contribution in [0.2, 0.25) is 10.0 Å². The molecule has 710 valence electrons. The maximum absolute atomic E-state index is 16.9. The molecule has 8 aliphatic rings. The summed E-state index contributed by atoms with van der Waals surface area (Å²) in [6, 6.07) is 6.46. The molecule has 8 aliphatic heterocycles. The molecule has 18 atom stereocenters. The number of aliphatic hydroxyl groups excluding tert-OH is 8. The van der Waals surface area contributed by atoms with Gasteiger partial charge in [-0.15, -0.1) is 0 Å². The number of benzene rings is 7. The van der Waals surface area contributed by atoms with Gasteiger partial charge >= 0.3 is 0 Å². The molecule has 7 aromatic carbocycles. The number of halogens is 2. The molecule has 8 heterocycles. The quantitative estimate of drug-likeness (QED) is 0.0329. The Kier molecular flexibility index (Phi) is 32.6. The van der Waals surface area contributed by atoms with Gasteiger partial charge in [0, 0.05) is 48.2 Å². The largest absolute Gasteiger partial charge is 0.508 e. The van der Waals surface area contributed by atoms with Crippen LogP contribution in [0.1, 0.15) is 153 Å². The number of ether oxygens (including phenoxy) is 7. The molecule has 25 N–H and O–H groups in total. The zero-order valence-corrected chi connectivity index (χ0v) is 73.7. The molecular weight excluding hydrogens is 1760 g/mol. The van der Waals surface area contributed by atoms with Gasteiger partial charge in [0.2, 0.25) is 65.6 Å². The minimum absolute atomic E-state index is 0.0825. The molecule has 132 heavy (non-hydrogen) atoms. The van der Waals surface area contributed by atoms with E-state index in [0.717, 1.165) is 86.3 Å². The number of rotatable bonds is 27. The monoisotopic (exact) mass is 1870 g/mol. The lowest BCUT2D eigenvalue weighted by atomic mass is 9.89. The van der Waals surface area contributed by atoms with Crippen LogP contribution in [0.5, 0.6) is 69.0 Å². The number of amides is 8. The Morgan fingerprint density at radius 3 is 1.84 bits per heavy atom. The van der Waals surface area contributed by atoms with E-state index in [0.29, 0.717) is 69.9 Å². The number of carbonyl (C=O) groups excluding carboxylic acids is 8. The number of carbonyl (C=O) groups is 8. The van der Waals surface area contributed by atoms with Crippen LogP contribution in [0.3, 0.4) is 0 Å². The van der Waals surface area contributed by atoms with Crippen molar-refractivity contribution >= 4 is 70.5 Å². The standard InChI is InChI=1S/C91H110Cl2N12O27/c1-42(2)12-7-5-4-6-8-13-66(112)99-75-79(116)77(114)64(40-106)130-90(75)132-82-62-34-47-35-63(82)128-59-23-18-46(32-54(59)92)76(113)74-89(125)103-72(84(120)97-26-11-29-105(27-9-24-94)28-10-25-95)52-36-48(108)37-61(129-91-81(118)80(117)78(115)65(41-107)131-91)67(52)51-31-44(16-21-56(51)109)70(86(122)104-74)100-87(123)71(47)101-88(124)73-53-38-50(39-58(111)68(53)93)127-60-33-45(17-22-57(60)110)69(96-3)85(121)98-55(83(119)102-73)30-43-14-19-49(126-62)20-15-43/h14-23,31-39,42,55,64-65,69-81,90-91,96,106-111,113-118H,4-13,24-30,40-41,94-95H2,1-3H3,(H,97,120)(H,98,121)(H,99,112)(H,100,123)(H,101,124)(H,102,119)(H,103,125)(H,104,122)/t55-,64-,65-,69-,70-,71-,72-,73+,74+,75-,76-,77-,78-,79-,80+,81+,90+,91+/m1/s1. The maximum Gasteiger partial charge on any atom is 0.248 e. The van der Waals surface area contributed by atoms with Crippen LogP contribution in [-0.4, -0.2) is 246 Å². The zero-order chi connectivity index (χ0) is 94.6. The Morgan fingerprint density at radius 2 is 1.15 bits per heavy atom. The van der Waals surface area contributed by atoms with Gasteiger partial charge in [0.25, 0.3) is 0 Å². The van der Waals surface area contributed by atoms with Gasteiger partial charge < -0.3 is 159 Å². The van der Waals surface area contributed by atoms with Gasteiger partial charge in [-0.2, -0.15) is 0 Å². The molecule has 17 bridgehead atoms. The van der Waals surface area contributed by atoms with Gasteiger partial charge in [0.15, 0.2) is 23.0 Å². The highest BCUT2D eigenvalue weighted by Crippen LogP contribution is 2.51. The first-order valence-electron chi connectivity index (χ1n) is 43.6. The number of unbranched alkanes of at least 4 members (excludes halogenated alkanes) is 4. The minimum atomic E-state index is -2.42. The van der Waals surface area contributed by atoms with Gasteiger partial charge in [0.1, 0.15) is 137 Å². The van der Waals surface area contributed by atoms with E-state index in [1.54, 1.807) is 0 Å². The third-order valence-electron chi connectivity index (χ3n) is 23.7. The number of nitrogens with zero attached hydrogens (tertiary/aromatic N) is 1. The number of nitrogens with one attached hydrogen (secondary N) is 9. The van der Waals surface area contributed by atoms with Crippen molar-refractivity contribution in [3.8, 4) is 80.1 Å². The molecule has 0 aromatic heterocycles. The summed E-state index contributed by atoms with van der Waals surface area (Å²) >= 11 is 14.4. The summed E-state index contributed by atoms with van der Waals surface area (Å²) in [6.07, 6.45) is -13.9. The summed E-state index contributed by atoms with van der Waals surface area (Å²) < 4.78 is 45.1. The van der Waals surface area contributed by atoms with E-state index >= 15 is 28.8 Å². The molecule has 7 aromatic rings. The number of nitrogens with two attached hydrogens (primary N) is 2. The number of aromatic hydroxyl groups is 4. The van der Waals surface area contributed by atoms with E-state index in [2.05, 4.69) is 66.6 Å². The summed E-state index contributed by atoms with van der Waals surface area (Å²) in [5.74, 6) is -15.0. The summed E-state index contributed by atoms with van der Waals surface area (Å²) in [5.41, 5.74) is 9.25. The molecule has 2 fully saturated rings. The highest BCUT2D eigenvalue weighted by Gasteiger charge is 2.50. The van der Waals surface area contributed by atoms with Crippen LogP contribution < -0.4 is 83.0 Å². The van der Waals surface area contributed by atoms with E-state index in [9.17, 15) is 70.9 Å². The number of phenolic OH excluding ortho intramolecular Hbond substituents is 4. The topological polar surface area (TPSA) is 607 Å². The van der Waals surface area contributed by atoms with Crippen molar-refractivity contribution in [3.63, 3.8) is 0 Å². The number of phenols is 4. The lowest BCUT2D eigenvalue weighted by Gasteiger charge is -2.42. The van der Waals surface area contributed by atoms with Crippen molar-refractivity contribution in [2.45, 2.75) is 194 Å². The van der Waals surface area contributed by atoms with Crippen LogP contribution in [0.25, 0.3) is 11.1 Å². The molecule has 8 amide bonds. The smallest absolute Gasteiger partial charge is 0.248 e. The molecule has 15 rings (SSSR count). The SMILES string of the molecule is CN[C@H]1C(=O)N[C@@H]2Cc3ccc(cc3)Oc3cc4cc(c3O[C@@H]3O[C@H](CO)[C@@H](O)[C@H](O)[C@H]3NC(=O)CCCCCCCC(C)C)Oc3ccc(cc3Cl)[C@@H](O)[C@@H]3NC(=O)[C@H](NC(=O)[C@@H]4NC(=O)[C@@H](NC2=O)c2cc(cc(O)c2Cl)Oc2cc1ccc2O)c1ccc(O)c(c1)-c1c(O[C@H]2O[C@H](CO)[C@@H](O)[C@H](O)[C@@H]2O)cc(O)cc1[C@H](C(=O)NCCCN(CCCN)CCCN)NC3=O. The van der Waals surface area contributed by atoms with E-state index in [4.69, 9.17) is 67.8 Å². The lowest BCUT2D eigenvalue weighted by molar-refractivity contribution is -0.277. The zero-order valence-electron chi connectivity index (χ0n) is 72.2. The van der Waals surface area contributed by atoms with Crippen molar-refractivity contribution in [3.05, 3.63) is 164 Å². The molecular formula is C91H110Cl2N12O27. The fraction of sp³-hybridized carbons (Fsp3) is 0.451. The van der Waals surface area contributed by atoms with Crippen LogP contribution in [0, 0.1) is 5.92 Å². The molecule has 0 spiro atoms. The highest BCUT2D eigenvalue weighted by atomic mass is 35.5. The van der Waals surface area contributed by atoms with Crippen LogP contribution in [-0.2, 0) is 54.3 Å². The minimum Gasteiger partial charge on any atom is -0.508 e. The first kappa shape index (κ1) is 98.0. The first-order chi connectivity index (χ1) is 63.3. The highest BCUT2D eigenvalue weighted by molar-refractivity contribution is 6.33. The maximum atomic E-state index is 16.9. The van der Waals surface area contributed by atoms with Crippen molar-refractivity contribution in [1.29, 1.82) is 0 Å². The van der Waals surface area contributed by atoms with Crippen LogP contribution >= 0.6 is 23.2 Å². The van der Waals surface area contributed by atoms with Crippen molar-refractivity contribution in [2.75, 3.05) is 59.5 Å². The molecule has 0 unspecified atom stereocenters. The Balaban J connectivity index is 1.03. The summed E-state index contributed by atoms with van der Waals surface area (Å²) in [5, 5.41) is 163. The van der Waals surface area contributed by atoms with Gasteiger partial charge in [0.05, 0.1) is 23.3 Å². The normalized spacial score (nSPS) is 25.5. The number of fused-ring (bicyclic) bond motifs is 14. The Labute approximate surface area is 767 Å². The van der Waals surface area contributed by atoms with Gasteiger partial charge in [-0.05, 0) is 178 Å². The Hall–Kier alpha value is -11.5. The molecule has 0 radical (unpaired) electrons. The second-order valence-electron chi connectivity index (χ2n) is 33.6. The van der Waals surface area contributed by atoms with Gasteiger partial charge in [-0.1, -0.05) is 99.5 Å². The van der Waals surface area contributed by atoms with E-state index in [-0.39, 0.29) is 59.9 Å². The second kappa shape index (κ2) is 43.9. The Bertz CT molecular complexity index is 5340. The molecule has 39 nitrogen and oxygen atoms in total. The first-order valence-corrected chi connectivity index (χ1v) is 44.3. The molecule has 41 heteroatoms. The van der Waals surface area contributed by atoms with Crippen molar-refractivity contribution in [1.82, 2.24) is 52.8 Å². The third-order valence-corrected chi connectivity index (χ3v) is 24.5. The number of likely N-dealkylation sites (N-methyl/N-ethyl adjacent to an activating group) is 1. The number of hydrogen-bond acceptors (Lipinski definition) is 31. The second-order valence-corrected chi connectivity index (χ2v) is 34.4. The summed E-state index contributed by atoms with van der Waals surface area (Å²) in [7, 11) is 1.44. The Morgan fingerprint density at radius 1 is 0.538 bits per heavy atom. The molecule has 0 saturated carbocycles. The van der Waals surface area contributed by atoms with Crippen LogP contribution in [0.15, 0.2) is 115 Å². The fourth-order valence-corrected chi connectivity index (χ4v) is 17.1. The van der Waals surface area contributed by atoms with E-state index < -0.39 is 260 Å². The predicted molar refractivity (Wildman–Crippen MR) is 472 cm³/mol. The van der Waals surface area contributed by atoms with Crippen LogP contribution in [0.4, 0.5) is 0 Å². The number of hydrogen-bond donors (Lipinski definition) is 23. The average Bonchev–Trinajstić information content (AvgIpc) is 0.759. The number of aliphatic hydroxyl groups is 8. The summed E-state index contributed by atoms with van der Waals surface area (Å²) in [4.78, 5) is 128. The van der Waals surface area contributed by atoms with Gasteiger partial charge in [-0.3, -0.25) is 38.4 Å². The van der Waals surface area contributed by atoms with Crippen molar-refractivity contribution in [2.24, 2.45) is 17.4 Å². The third kappa shape index (κ3) is 22.7. The average molecular weight is 1870 g/mol. The summed E-state index contributed by atoms with van der Waals surface area (Å²) in [6.45, 7) is 4.47. The van der Waals surface area contributed by atoms with E-state index in [1.165, 1.54) is 61.6 Å². The fourth-order valence-electron chi connectivity index (χ4n) is 16.6. The lowest BCUT2D eigenvalue weighted by Crippen LogP contribution is -2.65. The molecule has 2 saturated heterocycles.